The molecule has 0 unspecified atom stereocenters. The number of amides is 3. The Morgan fingerprint density at radius 1 is 1.15 bits per heavy atom. The Kier molecular flexibility index (Phi) is 11.5. The van der Waals surface area contributed by atoms with Crippen molar-refractivity contribution in [2.45, 2.75) is 26.5 Å². The highest BCUT2D eigenvalue weighted by Crippen LogP contribution is 2.37. The van der Waals surface area contributed by atoms with E-state index in [0.717, 1.165) is 0 Å². The molecule has 0 bridgehead atoms. The van der Waals surface area contributed by atoms with Gasteiger partial charge in [0.25, 0.3) is 5.91 Å². The van der Waals surface area contributed by atoms with Crippen LogP contribution in [0.5, 0.6) is 17.2 Å². The van der Waals surface area contributed by atoms with Gasteiger partial charge in [0.15, 0.2) is 18.1 Å². The number of hydrazone groups is 1. The highest BCUT2D eigenvalue weighted by molar-refractivity contribution is 9.10. The van der Waals surface area contributed by atoms with Crippen LogP contribution in [0.3, 0.4) is 0 Å². The summed E-state index contributed by atoms with van der Waals surface area (Å²) in [5.74, 6) is -1.43. The Labute approximate surface area is 276 Å². The maximum Gasteiger partial charge on any atom is 0.338 e. The molecular weight excluding hydrogens is 685 g/mol. The summed E-state index contributed by atoms with van der Waals surface area (Å²) in [5, 5.41) is 20.8. The molecule has 0 saturated heterocycles. The third-order valence-electron chi connectivity index (χ3n) is 6.62. The minimum absolute atomic E-state index is 0.0985. The lowest BCUT2D eigenvalue weighted by molar-refractivity contribution is -0.386. The molecule has 1 heterocycles. The van der Waals surface area contributed by atoms with Crippen molar-refractivity contribution in [2.75, 3.05) is 20.3 Å². The van der Waals surface area contributed by atoms with Gasteiger partial charge >= 0.3 is 17.7 Å². The summed E-state index contributed by atoms with van der Waals surface area (Å²) in [6.07, 6.45) is 1.19. The van der Waals surface area contributed by atoms with E-state index in [1.54, 1.807) is 32.0 Å². The monoisotopic (exact) mass is 713 g/mol. The van der Waals surface area contributed by atoms with E-state index in [-0.39, 0.29) is 51.6 Å². The van der Waals surface area contributed by atoms with E-state index in [2.05, 4.69) is 37.1 Å². The molecule has 3 N–H and O–H groups in total. The SMILES string of the molecule is CCOC(=O)C1=C(C)NC(=O)N[C@H]1c1ccc(OCC(=O)N/N=C/c2cc(Br)c(OCc3ccccc3F)c([N+](=O)[O-])c2)c(OC)c1. The van der Waals surface area contributed by atoms with Gasteiger partial charge in [-0.3, -0.25) is 14.9 Å². The number of nitrogens with zero attached hydrogens (tertiary/aromatic N) is 2. The number of carbonyl (C=O) groups excluding carboxylic acids is 3. The van der Waals surface area contributed by atoms with Gasteiger partial charge in [0.1, 0.15) is 12.4 Å². The largest absolute Gasteiger partial charge is 0.493 e. The fourth-order valence-electron chi connectivity index (χ4n) is 4.48. The van der Waals surface area contributed by atoms with Gasteiger partial charge < -0.3 is 29.6 Å². The molecular formula is C31H29BrFN5O9. The van der Waals surface area contributed by atoms with Crippen molar-refractivity contribution >= 4 is 45.7 Å². The zero-order valence-corrected chi connectivity index (χ0v) is 26.9. The molecule has 0 spiro atoms. The third-order valence-corrected chi connectivity index (χ3v) is 7.21. The van der Waals surface area contributed by atoms with Crippen LogP contribution in [-0.2, 0) is 20.9 Å². The first-order chi connectivity index (χ1) is 22.5. The van der Waals surface area contributed by atoms with E-state index < -0.39 is 47.0 Å². The van der Waals surface area contributed by atoms with Crippen molar-refractivity contribution < 1.29 is 42.6 Å². The molecule has 1 aliphatic rings. The highest BCUT2D eigenvalue weighted by Gasteiger charge is 2.32. The molecule has 1 aliphatic heterocycles. The fraction of sp³-hybridized carbons (Fsp3) is 0.226. The fourth-order valence-corrected chi connectivity index (χ4v) is 5.06. The van der Waals surface area contributed by atoms with E-state index in [1.165, 1.54) is 49.7 Å². The maximum absolute atomic E-state index is 14.0. The van der Waals surface area contributed by atoms with Crippen LogP contribution in [0.1, 0.15) is 36.6 Å². The first-order valence-electron chi connectivity index (χ1n) is 13.9. The molecule has 16 heteroatoms. The lowest BCUT2D eigenvalue weighted by Gasteiger charge is -2.28. The van der Waals surface area contributed by atoms with E-state index >= 15 is 0 Å². The van der Waals surface area contributed by atoms with Crippen LogP contribution >= 0.6 is 15.9 Å². The number of nitrogens with one attached hydrogen (secondary N) is 3. The van der Waals surface area contributed by atoms with Crippen molar-refractivity contribution in [1.82, 2.24) is 16.1 Å². The molecule has 3 aromatic carbocycles. The van der Waals surface area contributed by atoms with E-state index in [0.29, 0.717) is 11.3 Å². The first-order valence-corrected chi connectivity index (χ1v) is 14.7. The summed E-state index contributed by atoms with van der Waals surface area (Å²) in [7, 11) is 1.39. The zero-order valence-electron chi connectivity index (χ0n) is 25.3. The Bertz CT molecular complexity index is 1770. The number of nitro benzene ring substituents is 1. The summed E-state index contributed by atoms with van der Waals surface area (Å²) in [6, 6.07) is 11.9. The molecule has 246 valence electrons. The number of urea groups is 1. The number of hydrogen-bond acceptors (Lipinski definition) is 10. The number of hydrogen-bond donors (Lipinski definition) is 3. The topological polar surface area (TPSA) is 180 Å². The van der Waals surface area contributed by atoms with Crippen molar-refractivity contribution in [1.29, 1.82) is 0 Å². The number of ether oxygens (including phenoxy) is 4. The lowest BCUT2D eigenvalue weighted by atomic mass is 9.95. The molecule has 0 fully saturated rings. The van der Waals surface area contributed by atoms with Crippen molar-refractivity contribution in [3.05, 3.63) is 103 Å². The van der Waals surface area contributed by atoms with Gasteiger partial charge in [-0.15, -0.1) is 0 Å². The predicted molar refractivity (Wildman–Crippen MR) is 169 cm³/mol. The summed E-state index contributed by atoms with van der Waals surface area (Å²) in [4.78, 5) is 48.3. The first kappa shape index (κ1) is 34.4. The van der Waals surface area contributed by atoms with Crippen molar-refractivity contribution in [3.8, 4) is 17.2 Å². The maximum atomic E-state index is 14.0. The van der Waals surface area contributed by atoms with Crippen LogP contribution in [-0.4, -0.2) is 49.4 Å². The summed E-state index contributed by atoms with van der Waals surface area (Å²) >= 11 is 3.24. The number of benzene rings is 3. The number of rotatable bonds is 13. The van der Waals surface area contributed by atoms with Gasteiger partial charge in [0.05, 0.1) is 40.9 Å². The van der Waals surface area contributed by atoms with Gasteiger partial charge in [-0.25, -0.2) is 19.4 Å². The number of halogens is 2. The molecule has 0 saturated carbocycles. The van der Waals surface area contributed by atoms with E-state index in [4.69, 9.17) is 18.9 Å². The molecule has 3 amide bonds. The van der Waals surface area contributed by atoms with Gasteiger partial charge in [-0.2, -0.15) is 5.10 Å². The molecule has 0 aromatic heterocycles. The number of carbonyl (C=O) groups is 3. The smallest absolute Gasteiger partial charge is 0.338 e. The standard InChI is InChI=1S/C31H29BrFN5O9/c1-4-45-30(40)27-17(2)35-31(41)36-28(27)19-9-10-24(25(13-19)44-3)46-16-26(39)37-34-14-18-11-21(32)29(23(12-18)38(42)43)47-15-20-7-5-6-8-22(20)33/h5-14,28H,4,15-16H2,1-3H3,(H,37,39)(H2,35,36,41)/b34-14+/t28-/m0/s1. The summed E-state index contributed by atoms with van der Waals surface area (Å²) in [5.41, 5.74) is 3.44. The Morgan fingerprint density at radius 3 is 2.62 bits per heavy atom. The minimum atomic E-state index is -0.827. The van der Waals surface area contributed by atoms with Crippen LogP contribution in [0.15, 0.2) is 75.4 Å². The van der Waals surface area contributed by atoms with Gasteiger partial charge in [0.2, 0.25) is 5.75 Å². The average Bonchev–Trinajstić information content (AvgIpc) is 3.03. The Balaban J connectivity index is 1.40. The van der Waals surface area contributed by atoms with E-state index in [1.807, 2.05) is 0 Å². The van der Waals surface area contributed by atoms with Gasteiger partial charge in [-0.1, -0.05) is 24.3 Å². The lowest BCUT2D eigenvalue weighted by Crippen LogP contribution is -2.45. The molecule has 0 radical (unpaired) electrons. The van der Waals surface area contributed by atoms with Crippen LogP contribution in [0.25, 0.3) is 0 Å². The molecule has 1 atom stereocenters. The summed E-state index contributed by atoms with van der Waals surface area (Å²) < 4.78 is 35.9. The van der Waals surface area contributed by atoms with Crippen LogP contribution in [0.2, 0.25) is 0 Å². The van der Waals surface area contributed by atoms with Crippen LogP contribution < -0.4 is 30.3 Å². The van der Waals surface area contributed by atoms with Gasteiger partial charge in [-0.05, 0) is 59.6 Å². The summed E-state index contributed by atoms with van der Waals surface area (Å²) in [6.45, 7) is 2.70. The Hall–Kier alpha value is -5.51. The molecule has 4 rings (SSSR count). The normalized spacial score (nSPS) is 14.2. The molecule has 14 nitrogen and oxygen atoms in total. The zero-order chi connectivity index (χ0) is 34.1. The second-order valence-corrected chi connectivity index (χ2v) is 10.6. The average molecular weight is 715 g/mol. The second kappa shape index (κ2) is 15.7. The van der Waals surface area contributed by atoms with Crippen LogP contribution in [0.4, 0.5) is 14.9 Å². The van der Waals surface area contributed by atoms with Crippen molar-refractivity contribution in [3.63, 3.8) is 0 Å². The highest BCUT2D eigenvalue weighted by atomic mass is 79.9. The van der Waals surface area contributed by atoms with Gasteiger partial charge in [0, 0.05) is 22.9 Å². The van der Waals surface area contributed by atoms with E-state index in [9.17, 15) is 28.9 Å². The second-order valence-electron chi connectivity index (χ2n) is 9.77. The molecule has 3 aromatic rings. The number of nitro groups is 1. The quantitative estimate of drug-likeness (QED) is 0.0970. The number of esters is 1. The van der Waals surface area contributed by atoms with Crippen LogP contribution in [0, 0.1) is 15.9 Å². The minimum Gasteiger partial charge on any atom is -0.493 e. The Morgan fingerprint density at radius 2 is 1.91 bits per heavy atom. The number of allylic oxidation sites excluding steroid dienone is 1. The predicted octanol–water partition coefficient (Wildman–Crippen LogP) is 4.80. The number of methoxy groups -OCH3 is 1. The third kappa shape index (κ3) is 8.61. The molecule has 47 heavy (non-hydrogen) atoms. The molecule has 0 aliphatic carbocycles. The van der Waals surface area contributed by atoms with Crippen molar-refractivity contribution in [2.24, 2.45) is 5.10 Å².